The summed E-state index contributed by atoms with van der Waals surface area (Å²) in [6, 6.07) is 9.75. The van der Waals surface area contributed by atoms with E-state index in [4.69, 9.17) is 10.5 Å². The van der Waals surface area contributed by atoms with E-state index in [2.05, 4.69) is 34.9 Å². The Labute approximate surface area is 184 Å². The lowest BCUT2D eigenvalue weighted by molar-refractivity contribution is 0.0899. The van der Waals surface area contributed by atoms with Crippen LogP contribution in [0.3, 0.4) is 0 Å². The van der Waals surface area contributed by atoms with Crippen LogP contribution in [0.4, 0.5) is 17.5 Å². The Bertz CT molecular complexity index is 1170. The molecule has 0 bridgehead atoms. The number of rotatable bonds is 9. The van der Waals surface area contributed by atoms with Gasteiger partial charge in [0, 0.05) is 20.9 Å². The largest absolute Gasteiger partial charge is 0.368 e. The Kier molecular flexibility index (Phi) is 6.72. The second-order valence-electron chi connectivity index (χ2n) is 9.02. The van der Waals surface area contributed by atoms with Crippen molar-refractivity contribution in [3.63, 3.8) is 0 Å². The fourth-order valence-electron chi connectivity index (χ4n) is 3.02. The van der Waals surface area contributed by atoms with E-state index in [-0.39, 0.29) is 10.8 Å². The molecule has 3 N–H and O–H groups in total. The van der Waals surface area contributed by atoms with Crippen LogP contribution in [0.25, 0.3) is 11.0 Å². The van der Waals surface area contributed by atoms with E-state index in [1.807, 2.05) is 16.8 Å². The molecule has 10 heteroatoms. The van der Waals surface area contributed by atoms with Crippen LogP contribution >= 0.6 is 0 Å². The van der Waals surface area contributed by atoms with Gasteiger partial charge in [0.15, 0.2) is 9.84 Å². The lowest BCUT2D eigenvalue weighted by Gasteiger charge is -2.16. The summed E-state index contributed by atoms with van der Waals surface area (Å²) >= 11 is 0. The quantitative estimate of drug-likeness (QED) is 0.362. The molecule has 0 fully saturated rings. The highest BCUT2D eigenvalue weighted by Crippen LogP contribution is 2.30. The molecule has 1 aromatic carbocycles. The number of fused-ring (bicyclic) bond motifs is 1. The third-order valence-electron chi connectivity index (χ3n) is 4.93. The van der Waals surface area contributed by atoms with Crippen molar-refractivity contribution in [3.05, 3.63) is 36.5 Å². The van der Waals surface area contributed by atoms with E-state index < -0.39 is 23.2 Å². The molecule has 0 atom stereocenters. The van der Waals surface area contributed by atoms with Crippen molar-refractivity contribution in [2.24, 2.45) is 0 Å². The Morgan fingerprint density at radius 3 is 2.55 bits per heavy atom. The van der Waals surface area contributed by atoms with Gasteiger partial charge in [-0.2, -0.15) is 9.97 Å². The average Bonchev–Trinajstić information content (AvgIpc) is 3.07. The van der Waals surface area contributed by atoms with Crippen molar-refractivity contribution in [1.29, 1.82) is 0 Å². The summed E-state index contributed by atoms with van der Waals surface area (Å²) in [6.45, 7) is 11.3. The number of sulfone groups is 1. The monoisotopic (exact) mass is 461 g/mol. The van der Waals surface area contributed by atoms with Gasteiger partial charge in [0.1, 0.15) is 18.2 Å². The van der Waals surface area contributed by atoms with Crippen molar-refractivity contribution in [1.82, 2.24) is 14.5 Å². The molecule has 0 radical (unpaired) electrons. The van der Waals surface area contributed by atoms with Crippen LogP contribution in [0.2, 0.25) is 25.7 Å². The molecule has 0 saturated heterocycles. The van der Waals surface area contributed by atoms with E-state index >= 15 is 0 Å². The van der Waals surface area contributed by atoms with Gasteiger partial charge in [-0.1, -0.05) is 31.8 Å². The average molecular weight is 462 g/mol. The van der Waals surface area contributed by atoms with Crippen molar-refractivity contribution in [2.45, 2.75) is 56.4 Å². The number of aromatic nitrogens is 3. The highest BCUT2D eigenvalue weighted by Gasteiger charge is 2.23. The van der Waals surface area contributed by atoms with Crippen LogP contribution in [-0.4, -0.2) is 42.9 Å². The Morgan fingerprint density at radius 2 is 1.87 bits per heavy atom. The molecule has 3 rings (SSSR count). The van der Waals surface area contributed by atoms with Gasteiger partial charge >= 0.3 is 0 Å². The van der Waals surface area contributed by atoms with Gasteiger partial charge < -0.3 is 20.4 Å². The van der Waals surface area contributed by atoms with Gasteiger partial charge in [0.05, 0.1) is 21.2 Å². The number of hydrogen-bond donors (Lipinski definition) is 2. The van der Waals surface area contributed by atoms with Crippen molar-refractivity contribution in [3.8, 4) is 0 Å². The first-order chi connectivity index (χ1) is 14.5. The number of nitrogens with zero attached hydrogens (tertiary/aromatic N) is 3. The molecule has 8 nitrogen and oxygen atoms in total. The van der Waals surface area contributed by atoms with E-state index in [1.165, 1.54) is 0 Å². The third kappa shape index (κ3) is 5.44. The topological polar surface area (TPSA) is 112 Å². The summed E-state index contributed by atoms with van der Waals surface area (Å²) in [6.07, 6.45) is 1.87. The minimum Gasteiger partial charge on any atom is -0.368 e. The summed E-state index contributed by atoms with van der Waals surface area (Å²) in [7, 11) is -4.63. The summed E-state index contributed by atoms with van der Waals surface area (Å²) in [5, 5.41) is 3.35. The number of nitrogens with two attached hydrogens (primary N) is 1. The Balaban J connectivity index is 1.91. The molecule has 31 heavy (non-hydrogen) atoms. The van der Waals surface area contributed by atoms with Gasteiger partial charge in [0.2, 0.25) is 5.95 Å². The van der Waals surface area contributed by atoms with Gasteiger partial charge in [0.25, 0.3) is 0 Å². The molecule has 168 valence electrons. The molecular weight excluding hydrogens is 430 g/mol. The van der Waals surface area contributed by atoms with Crippen molar-refractivity contribution < 1.29 is 13.2 Å². The summed E-state index contributed by atoms with van der Waals surface area (Å²) < 4.78 is 33.3. The maximum Gasteiger partial charge on any atom is 0.224 e. The minimum absolute atomic E-state index is 0.0984. The number of nitrogens with one attached hydrogen (secondary N) is 1. The first kappa shape index (κ1) is 23.2. The summed E-state index contributed by atoms with van der Waals surface area (Å²) in [5.41, 5.74) is 7.05. The van der Waals surface area contributed by atoms with E-state index in [0.717, 1.165) is 11.4 Å². The number of benzene rings is 1. The zero-order chi connectivity index (χ0) is 22.8. The molecule has 0 spiro atoms. The van der Waals surface area contributed by atoms with Crippen LogP contribution in [0, 0.1) is 0 Å². The SMILES string of the molecule is CC(C)S(=O)(=O)c1ccccc1Nc1nc(N)nc2c1ccn2COCC[Si](C)(C)C. The van der Waals surface area contributed by atoms with Crippen molar-refractivity contribution in [2.75, 3.05) is 17.7 Å². The van der Waals surface area contributed by atoms with Crippen molar-refractivity contribution >= 4 is 46.4 Å². The first-order valence-electron chi connectivity index (χ1n) is 10.3. The third-order valence-corrected chi connectivity index (χ3v) is 8.84. The number of para-hydroxylation sites is 1. The second kappa shape index (κ2) is 8.97. The van der Waals surface area contributed by atoms with E-state index in [1.54, 1.807) is 38.1 Å². The Hall–Kier alpha value is -2.43. The molecule has 3 aromatic rings. The predicted octanol–water partition coefficient (Wildman–Crippen LogP) is 4.25. The lowest BCUT2D eigenvalue weighted by atomic mass is 10.3. The maximum absolute atomic E-state index is 12.8. The summed E-state index contributed by atoms with van der Waals surface area (Å²) in [4.78, 5) is 8.91. The van der Waals surface area contributed by atoms with Gasteiger partial charge in [-0.05, 0) is 38.1 Å². The standard InChI is InChI=1S/C21H31N5O3SSi/c1-15(2)30(27,28)18-9-7-6-8-17(18)23-19-16-10-11-26(20(16)25-21(22)24-19)14-29-12-13-31(3,4)5/h6-11,15H,12-14H2,1-5H3,(H3,22,23,24,25). The lowest BCUT2D eigenvalue weighted by Crippen LogP contribution is -2.22. The molecule has 2 aromatic heterocycles. The van der Waals surface area contributed by atoms with Gasteiger partial charge in [-0.25, -0.2) is 8.42 Å². The number of nitrogen functional groups attached to an aromatic ring is 1. The van der Waals surface area contributed by atoms with Crippen LogP contribution in [-0.2, 0) is 21.3 Å². The molecule has 0 aliphatic carbocycles. The van der Waals surface area contributed by atoms with E-state index in [0.29, 0.717) is 30.5 Å². The molecule has 2 heterocycles. The second-order valence-corrected chi connectivity index (χ2v) is 17.1. The number of anilines is 3. The van der Waals surface area contributed by atoms with E-state index in [9.17, 15) is 8.42 Å². The van der Waals surface area contributed by atoms with Gasteiger partial charge in [-0.3, -0.25) is 0 Å². The number of hydrogen-bond acceptors (Lipinski definition) is 7. The smallest absolute Gasteiger partial charge is 0.224 e. The zero-order valence-corrected chi connectivity index (χ0v) is 20.5. The molecule has 0 aliphatic heterocycles. The molecule has 0 unspecified atom stereocenters. The van der Waals surface area contributed by atoms with Crippen LogP contribution in [0.15, 0.2) is 41.4 Å². The zero-order valence-electron chi connectivity index (χ0n) is 18.7. The predicted molar refractivity (Wildman–Crippen MR) is 128 cm³/mol. The molecule has 0 saturated carbocycles. The molecular formula is C21H31N5O3SSi. The fraction of sp³-hybridized carbons (Fsp3) is 0.429. The van der Waals surface area contributed by atoms with Gasteiger partial charge in [-0.15, -0.1) is 0 Å². The minimum atomic E-state index is -3.47. The molecule has 0 aliphatic rings. The first-order valence-corrected chi connectivity index (χ1v) is 15.5. The Morgan fingerprint density at radius 1 is 1.16 bits per heavy atom. The highest BCUT2D eigenvalue weighted by molar-refractivity contribution is 7.92. The highest BCUT2D eigenvalue weighted by atomic mass is 32.2. The normalized spacial score (nSPS) is 12.6. The van der Waals surface area contributed by atoms with Crippen LogP contribution in [0.1, 0.15) is 13.8 Å². The van der Waals surface area contributed by atoms with Crippen LogP contribution < -0.4 is 11.1 Å². The summed E-state index contributed by atoms with van der Waals surface area (Å²) in [5.74, 6) is 0.552. The number of ether oxygens (including phenoxy) is 1. The van der Waals surface area contributed by atoms with Crippen LogP contribution in [0.5, 0.6) is 0 Å². The molecule has 0 amide bonds. The fourth-order valence-corrected chi connectivity index (χ4v) is 4.98. The maximum atomic E-state index is 12.8.